The second-order valence-corrected chi connectivity index (χ2v) is 6.34. The molecule has 1 aliphatic rings. The van der Waals surface area contributed by atoms with Crippen LogP contribution in [0.15, 0.2) is 0 Å². The Hall–Kier alpha value is -1.10. The molecular formula is C16H31N3O2. The highest BCUT2D eigenvalue weighted by atomic mass is 16.2. The molecule has 5 heteroatoms. The first-order valence-electron chi connectivity index (χ1n) is 8.29. The Morgan fingerprint density at radius 2 is 1.71 bits per heavy atom. The molecule has 1 atom stereocenters. The molecule has 0 bridgehead atoms. The first-order chi connectivity index (χ1) is 10.0. The number of piperidine rings is 1. The van der Waals surface area contributed by atoms with E-state index in [1.54, 1.807) is 0 Å². The van der Waals surface area contributed by atoms with Gasteiger partial charge in [-0.05, 0) is 38.5 Å². The van der Waals surface area contributed by atoms with E-state index in [4.69, 9.17) is 0 Å². The quantitative estimate of drug-likeness (QED) is 0.714. The van der Waals surface area contributed by atoms with Gasteiger partial charge in [0.2, 0.25) is 11.8 Å². The molecular weight excluding hydrogens is 266 g/mol. The van der Waals surface area contributed by atoms with E-state index in [-0.39, 0.29) is 17.9 Å². The van der Waals surface area contributed by atoms with E-state index in [1.165, 1.54) is 6.42 Å². The highest BCUT2D eigenvalue weighted by molar-refractivity contribution is 5.81. The van der Waals surface area contributed by atoms with Crippen LogP contribution in [0.2, 0.25) is 0 Å². The monoisotopic (exact) mass is 297 g/mol. The highest BCUT2D eigenvalue weighted by Crippen LogP contribution is 2.09. The Bertz CT molecular complexity index is 325. The smallest absolute Gasteiger partial charge is 0.236 e. The van der Waals surface area contributed by atoms with Crippen LogP contribution in [0.4, 0.5) is 0 Å². The number of nitrogens with zero attached hydrogens (tertiary/aromatic N) is 1. The van der Waals surface area contributed by atoms with Gasteiger partial charge in [-0.15, -0.1) is 0 Å². The van der Waals surface area contributed by atoms with Gasteiger partial charge in [-0.2, -0.15) is 0 Å². The molecule has 122 valence electrons. The van der Waals surface area contributed by atoms with Crippen molar-refractivity contribution in [2.24, 2.45) is 5.92 Å². The molecule has 1 saturated heterocycles. The molecule has 1 heterocycles. The van der Waals surface area contributed by atoms with Crippen molar-refractivity contribution in [2.75, 3.05) is 26.2 Å². The van der Waals surface area contributed by atoms with Gasteiger partial charge in [-0.25, -0.2) is 0 Å². The third-order valence-corrected chi connectivity index (χ3v) is 3.91. The summed E-state index contributed by atoms with van der Waals surface area (Å²) in [4.78, 5) is 25.8. The Balaban J connectivity index is 2.12. The first kappa shape index (κ1) is 18.0. The average Bonchev–Trinajstić information content (AvgIpc) is 2.47. The van der Waals surface area contributed by atoms with Crippen LogP contribution in [0.5, 0.6) is 0 Å². The predicted molar refractivity (Wildman–Crippen MR) is 85.0 cm³/mol. The second kappa shape index (κ2) is 9.77. The molecule has 5 nitrogen and oxygen atoms in total. The fraction of sp³-hybridized carbons (Fsp3) is 0.875. The highest BCUT2D eigenvalue weighted by Gasteiger charge is 2.17. The molecule has 0 aromatic heterocycles. The first-order valence-corrected chi connectivity index (χ1v) is 8.29. The summed E-state index contributed by atoms with van der Waals surface area (Å²) in [5, 5.41) is 6.05. The zero-order chi connectivity index (χ0) is 15.7. The topological polar surface area (TPSA) is 61.4 Å². The van der Waals surface area contributed by atoms with Gasteiger partial charge in [0, 0.05) is 32.6 Å². The number of rotatable bonds is 8. The van der Waals surface area contributed by atoms with E-state index in [2.05, 4.69) is 24.5 Å². The second-order valence-electron chi connectivity index (χ2n) is 6.34. The third kappa shape index (κ3) is 7.46. The van der Waals surface area contributed by atoms with E-state index >= 15 is 0 Å². The number of carbonyl (C=O) groups is 2. The van der Waals surface area contributed by atoms with Crippen LogP contribution < -0.4 is 10.6 Å². The van der Waals surface area contributed by atoms with Crippen LogP contribution in [0.1, 0.15) is 52.9 Å². The molecule has 1 aliphatic heterocycles. The molecule has 2 amide bonds. The van der Waals surface area contributed by atoms with Gasteiger partial charge in [0.1, 0.15) is 0 Å². The van der Waals surface area contributed by atoms with Gasteiger partial charge < -0.3 is 15.5 Å². The Morgan fingerprint density at radius 1 is 1.05 bits per heavy atom. The van der Waals surface area contributed by atoms with E-state index in [9.17, 15) is 9.59 Å². The van der Waals surface area contributed by atoms with Crippen LogP contribution in [0, 0.1) is 5.92 Å². The van der Waals surface area contributed by atoms with Crippen molar-refractivity contribution in [1.82, 2.24) is 15.5 Å². The summed E-state index contributed by atoms with van der Waals surface area (Å²) in [6.07, 6.45) is 4.94. The lowest BCUT2D eigenvalue weighted by Gasteiger charge is -2.27. The zero-order valence-corrected chi connectivity index (χ0v) is 13.8. The number of likely N-dealkylation sites (tertiary alicyclic amines) is 1. The van der Waals surface area contributed by atoms with Crippen LogP contribution >= 0.6 is 0 Å². The molecule has 0 aromatic rings. The Kier molecular flexibility index (Phi) is 8.35. The number of amides is 2. The molecule has 1 rings (SSSR count). The predicted octanol–water partition coefficient (Wildman–Crippen LogP) is 1.53. The number of hydrogen-bond acceptors (Lipinski definition) is 3. The van der Waals surface area contributed by atoms with E-state index < -0.39 is 0 Å². The number of hydrogen-bond donors (Lipinski definition) is 2. The minimum atomic E-state index is -0.244. The molecule has 2 N–H and O–H groups in total. The molecule has 1 unspecified atom stereocenters. The van der Waals surface area contributed by atoms with Gasteiger partial charge >= 0.3 is 0 Å². The largest absolute Gasteiger partial charge is 0.355 e. The van der Waals surface area contributed by atoms with E-state index in [0.29, 0.717) is 18.9 Å². The summed E-state index contributed by atoms with van der Waals surface area (Å²) in [5.41, 5.74) is 0. The Morgan fingerprint density at radius 3 is 2.33 bits per heavy atom. The molecule has 0 aromatic carbocycles. The lowest BCUT2D eigenvalue weighted by Crippen LogP contribution is -2.44. The average molecular weight is 297 g/mol. The molecule has 0 aliphatic carbocycles. The van der Waals surface area contributed by atoms with Crippen molar-refractivity contribution in [2.45, 2.75) is 58.9 Å². The van der Waals surface area contributed by atoms with Gasteiger partial charge in [0.25, 0.3) is 0 Å². The van der Waals surface area contributed by atoms with Gasteiger partial charge in [-0.3, -0.25) is 9.59 Å². The van der Waals surface area contributed by atoms with Crippen molar-refractivity contribution >= 4 is 11.8 Å². The van der Waals surface area contributed by atoms with Crippen molar-refractivity contribution in [3.8, 4) is 0 Å². The van der Waals surface area contributed by atoms with Crippen LogP contribution in [0.3, 0.4) is 0 Å². The van der Waals surface area contributed by atoms with Crippen LogP contribution in [-0.2, 0) is 9.59 Å². The fourth-order valence-electron chi connectivity index (χ4n) is 2.43. The van der Waals surface area contributed by atoms with Crippen LogP contribution in [-0.4, -0.2) is 48.9 Å². The summed E-state index contributed by atoms with van der Waals surface area (Å²) >= 11 is 0. The molecule has 21 heavy (non-hydrogen) atoms. The maximum absolute atomic E-state index is 12.0. The molecule has 0 saturated carbocycles. The van der Waals surface area contributed by atoms with Crippen molar-refractivity contribution in [1.29, 1.82) is 0 Å². The molecule has 1 fully saturated rings. The zero-order valence-electron chi connectivity index (χ0n) is 13.8. The maximum Gasteiger partial charge on any atom is 0.236 e. The fourth-order valence-corrected chi connectivity index (χ4v) is 2.43. The van der Waals surface area contributed by atoms with Crippen molar-refractivity contribution in [3.05, 3.63) is 0 Å². The van der Waals surface area contributed by atoms with E-state index in [1.807, 2.05) is 11.8 Å². The third-order valence-electron chi connectivity index (χ3n) is 3.91. The summed E-state index contributed by atoms with van der Waals surface area (Å²) < 4.78 is 0. The van der Waals surface area contributed by atoms with Crippen molar-refractivity contribution < 1.29 is 9.59 Å². The lowest BCUT2D eigenvalue weighted by atomic mass is 10.1. The minimum absolute atomic E-state index is 0.0149. The normalized spacial score (nSPS) is 16.9. The van der Waals surface area contributed by atoms with E-state index in [0.717, 1.165) is 38.9 Å². The van der Waals surface area contributed by atoms with Crippen LogP contribution in [0.25, 0.3) is 0 Å². The summed E-state index contributed by atoms with van der Waals surface area (Å²) in [7, 11) is 0. The summed E-state index contributed by atoms with van der Waals surface area (Å²) in [6, 6.07) is -0.244. The standard InChI is InChI=1S/C16H31N3O2/c1-13(2)7-9-18-16(21)14(3)17-10-8-15(20)19-11-5-4-6-12-19/h13-14,17H,4-12H2,1-3H3,(H,18,21). The SMILES string of the molecule is CC(C)CCNC(=O)C(C)NCCC(=O)N1CCCCC1. The summed E-state index contributed by atoms with van der Waals surface area (Å²) in [5.74, 6) is 0.811. The number of nitrogens with one attached hydrogen (secondary N) is 2. The molecule has 0 spiro atoms. The maximum atomic E-state index is 12.0. The van der Waals surface area contributed by atoms with Crippen molar-refractivity contribution in [3.63, 3.8) is 0 Å². The lowest BCUT2D eigenvalue weighted by molar-refractivity contribution is -0.132. The summed E-state index contributed by atoms with van der Waals surface area (Å²) in [6.45, 7) is 9.19. The van der Waals surface area contributed by atoms with Gasteiger partial charge in [-0.1, -0.05) is 13.8 Å². The Labute approximate surface area is 128 Å². The number of carbonyl (C=O) groups excluding carboxylic acids is 2. The van der Waals surface area contributed by atoms with Gasteiger partial charge in [0.05, 0.1) is 6.04 Å². The van der Waals surface area contributed by atoms with Gasteiger partial charge in [0.15, 0.2) is 0 Å². The minimum Gasteiger partial charge on any atom is -0.355 e. The molecule has 0 radical (unpaired) electrons.